The maximum Gasteiger partial charge on any atom is 0.251 e. The molecule has 0 radical (unpaired) electrons. The van der Waals surface area contributed by atoms with Gasteiger partial charge in [0.2, 0.25) is 0 Å². The molecule has 0 saturated carbocycles. The van der Waals surface area contributed by atoms with Gasteiger partial charge >= 0.3 is 0 Å². The largest absolute Gasteiger partial charge is 0.457 e. The molecular formula is C17H19NO3. The van der Waals surface area contributed by atoms with E-state index in [1.807, 2.05) is 43.3 Å². The molecule has 1 N–H and O–H groups in total. The number of benzene rings is 2. The van der Waals surface area contributed by atoms with Gasteiger partial charge in [-0.25, -0.2) is 0 Å². The van der Waals surface area contributed by atoms with Crippen LogP contribution in [-0.2, 0) is 4.74 Å². The van der Waals surface area contributed by atoms with Crippen LogP contribution in [0.2, 0.25) is 0 Å². The molecule has 2 aromatic rings. The Labute approximate surface area is 124 Å². The van der Waals surface area contributed by atoms with Gasteiger partial charge in [0.15, 0.2) is 0 Å². The molecule has 2 aromatic carbocycles. The van der Waals surface area contributed by atoms with Crippen LogP contribution in [0.25, 0.3) is 0 Å². The van der Waals surface area contributed by atoms with Gasteiger partial charge in [-0.1, -0.05) is 24.3 Å². The summed E-state index contributed by atoms with van der Waals surface area (Å²) in [6.07, 6.45) is 0. The average molecular weight is 285 g/mol. The molecule has 0 saturated heterocycles. The summed E-state index contributed by atoms with van der Waals surface area (Å²) in [5.41, 5.74) is 0.561. The molecule has 0 aliphatic heterocycles. The summed E-state index contributed by atoms with van der Waals surface area (Å²) < 4.78 is 10.7. The van der Waals surface area contributed by atoms with Crippen molar-refractivity contribution in [1.82, 2.24) is 5.32 Å². The van der Waals surface area contributed by atoms with Crippen LogP contribution in [0.15, 0.2) is 54.6 Å². The summed E-state index contributed by atoms with van der Waals surface area (Å²) in [5, 5.41) is 2.87. The smallest absolute Gasteiger partial charge is 0.251 e. The summed E-state index contributed by atoms with van der Waals surface area (Å²) in [7, 11) is 1.61. The predicted molar refractivity (Wildman–Crippen MR) is 81.8 cm³/mol. The zero-order valence-corrected chi connectivity index (χ0v) is 12.2. The zero-order valence-electron chi connectivity index (χ0n) is 12.2. The quantitative estimate of drug-likeness (QED) is 0.886. The van der Waals surface area contributed by atoms with Crippen molar-refractivity contribution in [1.29, 1.82) is 0 Å². The molecule has 1 atom stereocenters. The Bertz CT molecular complexity index is 584. The van der Waals surface area contributed by atoms with E-state index in [0.29, 0.717) is 17.9 Å². The number of carbonyl (C=O) groups excluding carboxylic acids is 1. The highest BCUT2D eigenvalue weighted by Crippen LogP contribution is 2.21. The number of hydrogen-bond acceptors (Lipinski definition) is 3. The van der Waals surface area contributed by atoms with E-state index in [2.05, 4.69) is 5.32 Å². The van der Waals surface area contributed by atoms with E-state index in [1.165, 1.54) is 0 Å². The van der Waals surface area contributed by atoms with Crippen molar-refractivity contribution in [2.24, 2.45) is 0 Å². The van der Waals surface area contributed by atoms with E-state index in [9.17, 15) is 4.79 Å². The third-order valence-electron chi connectivity index (χ3n) is 2.87. The maximum absolute atomic E-state index is 12.1. The minimum Gasteiger partial charge on any atom is -0.457 e. The molecule has 0 aliphatic rings. The second kappa shape index (κ2) is 7.45. The lowest BCUT2D eigenvalue weighted by Crippen LogP contribution is -2.35. The summed E-state index contributed by atoms with van der Waals surface area (Å²) in [4.78, 5) is 12.1. The minimum atomic E-state index is -0.141. The van der Waals surface area contributed by atoms with Crippen LogP contribution in [0.3, 0.4) is 0 Å². The van der Waals surface area contributed by atoms with E-state index in [-0.39, 0.29) is 11.9 Å². The van der Waals surface area contributed by atoms with Gasteiger partial charge in [0.05, 0.1) is 6.61 Å². The first-order valence-corrected chi connectivity index (χ1v) is 6.82. The van der Waals surface area contributed by atoms with Gasteiger partial charge in [-0.3, -0.25) is 4.79 Å². The number of rotatable bonds is 6. The molecule has 110 valence electrons. The van der Waals surface area contributed by atoms with Gasteiger partial charge in [-0.2, -0.15) is 0 Å². The topological polar surface area (TPSA) is 47.6 Å². The Balaban J connectivity index is 2.05. The lowest BCUT2D eigenvalue weighted by molar-refractivity contribution is 0.0905. The molecule has 0 spiro atoms. The van der Waals surface area contributed by atoms with E-state index in [4.69, 9.17) is 9.47 Å². The van der Waals surface area contributed by atoms with Crippen molar-refractivity contribution in [2.75, 3.05) is 13.7 Å². The molecule has 21 heavy (non-hydrogen) atoms. The predicted octanol–water partition coefficient (Wildman–Crippen LogP) is 3.24. The number of amides is 1. The molecule has 0 fully saturated rings. The first-order chi connectivity index (χ1) is 10.2. The lowest BCUT2D eigenvalue weighted by Gasteiger charge is -2.13. The van der Waals surface area contributed by atoms with E-state index < -0.39 is 0 Å². The maximum atomic E-state index is 12.1. The van der Waals surface area contributed by atoms with Crippen molar-refractivity contribution < 1.29 is 14.3 Å². The fourth-order valence-electron chi connectivity index (χ4n) is 1.92. The molecule has 1 amide bonds. The highest BCUT2D eigenvalue weighted by atomic mass is 16.5. The highest BCUT2D eigenvalue weighted by molar-refractivity contribution is 5.94. The lowest BCUT2D eigenvalue weighted by atomic mass is 10.2. The molecule has 0 bridgehead atoms. The second-order valence-electron chi connectivity index (χ2n) is 4.77. The summed E-state index contributed by atoms with van der Waals surface area (Å²) in [6.45, 7) is 2.37. The van der Waals surface area contributed by atoms with Crippen LogP contribution in [0, 0.1) is 0 Å². The Morgan fingerprint density at radius 2 is 1.81 bits per heavy atom. The van der Waals surface area contributed by atoms with Crippen LogP contribution in [0.1, 0.15) is 17.3 Å². The third kappa shape index (κ3) is 4.61. The van der Waals surface area contributed by atoms with Crippen LogP contribution in [0.4, 0.5) is 0 Å². The zero-order chi connectivity index (χ0) is 15.1. The second-order valence-corrected chi connectivity index (χ2v) is 4.77. The molecule has 0 heterocycles. The summed E-state index contributed by atoms with van der Waals surface area (Å²) in [5.74, 6) is 1.23. The van der Waals surface area contributed by atoms with Crippen LogP contribution >= 0.6 is 0 Å². The molecular weight excluding hydrogens is 266 g/mol. The highest BCUT2D eigenvalue weighted by Gasteiger charge is 2.10. The van der Waals surface area contributed by atoms with Gasteiger partial charge in [0.25, 0.3) is 5.91 Å². The van der Waals surface area contributed by atoms with E-state index >= 15 is 0 Å². The van der Waals surface area contributed by atoms with Crippen LogP contribution < -0.4 is 10.1 Å². The van der Waals surface area contributed by atoms with Crippen molar-refractivity contribution in [3.8, 4) is 11.5 Å². The van der Waals surface area contributed by atoms with Crippen molar-refractivity contribution in [3.05, 3.63) is 60.2 Å². The summed E-state index contributed by atoms with van der Waals surface area (Å²) in [6, 6.07) is 16.5. The van der Waals surface area contributed by atoms with Crippen molar-refractivity contribution in [3.63, 3.8) is 0 Å². The fraction of sp³-hybridized carbons (Fsp3) is 0.235. The first kappa shape index (κ1) is 15.1. The monoisotopic (exact) mass is 285 g/mol. The van der Waals surface area contributed by atoms with Gasteiger partial charge in [-0.05, 0) is 37.3 Å². The summed E-state index contributed by atoms with van der Waals surface area (Å²) >= 11 is 0. The van der Waals surface area contributed by atoms with Gasteiger partial charge < -0.3 is 14.8 Å². The molecule has 0 aromatic heterocycles. The Morgan fingerprint density at radius 3 is 2.52 bits per heavy atom. The van der Waals surface area contributed by atoms with Crippen molar-refractivity contribution in [2.45, 2.75) is 13.0 Å². The number of ether oxygens (including phenoxy) is 2. The minimum absolute atomic E-state index is 0.0406. The Kier molecular flexibility index (Phi) is 5.35. The van der Waals surface area contributed by atoms with Crippen LogP contribution in [-0.4, -0.2) is 25.7 Å². The number of nitrogens with one attached hydrogen (secondary N) is 1. The molecule has 0 unspecified atom stereocenters. The number of hydrogen-bond donors (Lipinski definition) is 1. The average Bonchev–Trinajstić information content (AvgIpc) is 2.49. The SMILES string of the molecule is COC[C@@H](C)NC(=O)c1cccc(Oc2ccccc2)c1. The normalized spacial score (nSPS) is 11.7. The Morgan fingerprint density at radius 1 is 1.10 bits per heavy atom. The first-order valence-electron chi connectivity index (χ1n) is 6.82. The molecule has 4 nitrogen and oxygen atoms in total. The van der Waals surface area contributed by atoms with Crippen molar-refractivity contribution >= 4 is 5.91 Å². The Hall–Kier alpha value is -2.33. The van der Waals surface area contributed by atoms with Gasteiger partial charge in [0, 0.05) is 18.7 Å². The standard InChI is InChI=1S/C17H19NO3/c1-13(12-20-2)18-17(19)14-7-6-10-16(11-14)21-15-8-4-3-5-9-15/h3-11,13H,12H2,1-2H3,(H,18,19)/t13-/m1/s1. The van der Waals surface area contributed by atoms with Gasteiger partial charge in [0.1, 0.15) is 11.5 Å². The van der Waals surface area contributed by atoms with E-state index in [0.717, 1.165) is 5.75 Å². The number of carbonyl (C=O) groups is 1. The number of methoxy groups -OCH3 is 1. The number of para-hydroxylation sites is 1. The fourth-order valence-corrected chi connectivity index (χ4v) is 1.92. The van der Waals surface area contributed by atoms with Gasteiger partial charge in [-0.15, -0.1) is 0 Å². The molecule has 4 heteroatoms. The third-order valence-corrected chi connectivity index (χ3v) is 2.87. The molecule has 2 rings (SSSR count). The molecule has 0 aliphatic carbocycles. The van der Waals surface area contributed by atoms with E-state index in [1.54, 1.807) is 25.3 Å². The van der Waals surface area contributed by atoms with Crippen LogP contribution in [0.5, 0.6) is 11.5 Å².